The van der Waals surface area contributed by atoms with Gasteiger partial charge in [-0.25, -0.2) is 44.2 Å². The average molecular weight is 1210 g/mol. The van der Waals surface area contributed by atoms with Gasteiger partial charge in [-0.1, -0.05) is 18.6 Å². The molecule has 6 N–H and O–H groups in total. The van der Waals surface area contributed by atoms with Crippen molar-refractivity contribution in [1.82, 2.24) is 20.1 Å². The molecule has 4 rings (SSSR count). The normalized spacial score (nSPS) is 12.9. The highest BCUT2D eigenvalue weighted by Crippen LogP contribution is 2.32. The van der Waals surface area contributed by atoms with Crippen molar-refractivity contribution in [1.29, 1.82) is 0 Å². The summed E-state index contributed by atoms with van der Waals surface area (Å²) in [6, 6.07) is 15.6. The second-order valence-electron chi connectivity index (χ2n) is 17.9. The van der Waals surface area contributed by atoms with Crippen LogP contribution in [0.15, 0.2) is 93.7 Å². The molecule has 0 aromatic heterocycles. The lowest BCUT2D eigenvalue weighted by molar-refractivity contribution is -0.146. The molecule has 0 aliphatic carbocycles. The van der Waals surface area contributed by atoms with Crippen LogP contribution in [0.25, 0.3) is 12.2 Å². The molecule has 4 aromatic carbocycles. The molecule has 22 nitrogen and oxygen atoms in total. The fourth-order valence-electron chi connectivity index (χ4n) is 7.02. The summed E-state index contributed by atoms with van der Waals surface area (Å²) in [6.07, 6.45) is -0.214. The van der Waals surface area contributed by atoms with Gasteiger partial charge in [0.1, 0.15) is 11.5 Å². The molecule has 458 valence electrons. The minimum Gasteiger partial charge on any atom is -0.463 e. The number of halogens is 3. The van der Waals surface area contributed by atoms with Crippen molar-refractivity contribution < 1.29 is 97.2 Å². The summed E-state index contributed by atoms with van der Waals surface area (Å²) in [5.41, 5.74) is 2.50. The average Bonchev–Trinajstić information content (AvgIpc) is 3.52. The van der Waals surface area contributed by atoms with Gasteiger partial charge in [0.2, 0.25) is 20.0 Å². The molecule has 0 radical (unpaired) electrons. The number of carbonyl (C=O) groups is 3. The van der Waals surface area contributed by atoms with E-state index < -0.39 is 73.2 Å². The number of carbonyl (C=O) groups excluding carboxylic acids is 3. The molecule has 1 unspecified atom stereocenters. The number of ether oxygens (including phenoxy) is 9. The number of aliphatic hydroxyl groups excluding tert-OH is 2. The molecule has 83 heavy (non-hydrogen) atoms. The smallest absolute Gasteiger partial charge is 0.333 e. The van der Waals surface area contributed by atoms with Crippen LogP contribution in [0.4, 0.5) is 13.2 Å². The summed E-state index contributed by atoms with van der Waals surface area (Å²) in [4.78, 5) is 36.3. The molecule has 0 fully saturated rings. The summed E-state index contributed by atoms with van der Waals surface area (Å²) in [6.45, 7) is 10.1. The van der Waals surface area contributed by atoms with Gasteiger partial charge in [0, 0.05) is 31.8 Å². The summed E-state index contributed by atoms with van der Waals surface area (Å²) in [5.74, 6) is -5.40. The van der Waals surface area contributed by atoms with Crippen molar-refractivity contribution in [3.63, 3.8) is 0 Å². The zero-order chi connectivity index (χ0) is 60.8. The number of hydrogen-bond acceptors (Lipinski definition) is 18. The molecule has 4 aromatic rings. The summed E-state index contributed by atoms with van der Waals surface area (Å²) >= 11 is 0. The highest BCUT2D eigenvalue weighted by molar-refractivity contribution is 7.89. The van der Waals surface area contributed by atoms with E-state index in [-0.39, 0.29) is 139 Å². The minimum atomic E-state index is -3.93. The standard InChI is InChI=1S/C56H73F3N4O18S2/c1-6-38(3)32-41-35-48(58)53(49(59)36-41)81-44-10-14-46(15-11-44)83(71,72)63-19-23-76-27-31-78-29-25-74-21-17-61-55(67)51(65)50(64)54(66)60-16-20-73-24-28-77-30-26-75-22-18-62-82(69,70)45-12-8-43(9-13-45)80-52-39(4)33-42(37-47(52)57)34-40(5)56(68)79-7-2/h8-15,32-37,50-51,62-65H,6-7,16-31H2,1-5H3,(H,60,66)(H,61,67)/b38-32+,40-34+/t50?,51-/m1/s1. The Morgan fingerprint density at radius 1 is 0.530 bits per heavy atom. The van der Waals surface area contributed by atoms with Crippen LogP contribution in [0.5, 0.6) is 23.0 Å². The maximum atomic E-state index is 15.0. The Balaban J connectivity index is 0.938. The predicted molar refractivity (Wildman–Crippen MR) is 298 cm³/mol. The van der Waals surface area contributed by atoms with E-state index in [4.69, 9.17) is 42.6 Å². The van der Waals surface area contributed by atoms with Gasteiger partial charge in [-0.05, 0) is 130 Å². The zero-order valence-electron chi connectivity index (χ0n) is 46.8. The Bertz CT molecular complexity index is 2940. The zero-order valence-corrected chi connectivity index (χ0v) is 48.5. The molecule has 0 saturated heterocycles. The van der Waals surface area contributed by atoms with E-state index in [1.54, 1.807) is 32.9 Å². The van der Waals surface area contributed by atoms with Crippen molar-refractivity contribution in [3.8, 4) is 23.0 Å². The fraction of sp³-hybridized carbons (Fsp3) is 0.446. The van der Waals surface area contributed by atoms with E-state index in [1.165, 1.54) is 60.7 Å². The third-order valence-corrected chi connectivity index (χ3v) is 14.4. The van der Waals surface area contributed by atoms with Gasteiger partial charge < -0.3 is 63.5 Å². The second kappa shape index (κ2) is 36.4. The largest absolute Gasteiger partial charge is 0.463 e. The topological polar surface area (TPSA) is 291 Å². The molecule has 2 atom stereocenters. The Hall–Kier alpha value is -6.34. The third-order valence-electron chi connectivity index (χ3n) is 11.4. The van der Waals surface area contributed by atoms with E-state index in [0.29, 0.717) is 22.3 Å². The maximum Gasteiger partial charge on any atom is 0.333 e. The third kappa shape index (κ3) is 24.8. The number of benzene rings is 4. The first-order valence-electron chi connectivity index (χ1n) is 26.4. The van der Waals surface area contributed by atoms with Crippen LogP contribution < -0.4 is 29.6 Å². The minimum absolute atomic E-state index is 0.0262. The first kappa shape index (κ1) is 69.2. The SMILES string of the molecule is CCOC(=O)/C(C)=C/c1cc(C)c(Oc2ccc(S(=O)(=O)NCCOCCOCCOCCNC(=O)C(O)[C@@H](O)C(=O)NCCOCCOCCOCCNS(=O)(=O)c3ccc(Oc4c(F)cc(/C=C(\C)CC)cc4F)cc3)cc2)c(F)c1. The van der Waals surface area contributed by atoms with Gasteiger partial charge in [0.05, 0.1) is 95.7 Å². The number of allylic oxidation sites excluding steroid dienone is 1. The maximum absolute atomic E-state index is 15.0. The van der Waals surface area contributed by atoms with Gasteiger partial charge in [0.15, 0.2) is 41.2 Å². The van der Waals surface area contributed by atoms with Crippen molar-refractivity contribution in [2.75, 3.05) is 112 Å². The van der Waals surface area contributed by atoms with Crippen molar-refractivity contribution in [2.24, 2.45) is 0 Å². The Morgan fingerprint density at radius 2 is 0.892 bits per heavy atom. The number of esters is 1. The molecular formula is C56H73F3N4O18S2. The lowest BCUT2D eigenvalue weighted by atomic mass is 10.1. The van der Waals surface area contributed by atoms with E-state index in [0.717, 1.165) is 24.1 Å². The number of amides is 2. The molecule has 0 aliphatic heterocycles. The Labute approximate surface area is 481 Å². The molecular weight excluding hydrogens is 1140 g/mol. The van der Waals surface area contributed by atoms with E-state index in [9.17, 15) is 54.6 Å². The summed E-state index contributed by atoms with van der Waals surface area (Å²) < 4.78 is 148. The molecule has 0 bridgehead atoms. The Morgan fingerprint density at radius 3 is 1.28 bits per heavy atom. The van der Waals surface area contributed by atoms with E-state index >= 15 is 0 Å². The summed E-state index contributed by atoms with van der Waals surface area (Å²) in [5, 5.41) is 24.9. The van der Waals surface area contributed by atoms with Crippen LogP contribution in [-0.2, 0) is 67.6 Å². The first-order valence-corrected chi connectivity index (χ1v) is 29.4. The number of aryl methyl sites for hydroxylation is 1. The molecule has 27 heteroatoms. The highest BCUT2D eigenvalue weighted by atomic mass is 32.2. The van der Waals surface area contributed by atoms with E-state index in [1.807, 2.05) is 13.8 Å². The van der Waals surface area contributed by atoms with Crippen LogP contribution in [0.2, 0.25) is 0 Å². The number of rotatable bonds is 40. The molecule has 0 spiro atoms. The van der Waals surface area contributed by atoms with Crippen LogP contribution in [0, 0.1) is 24.4 Å². The molecule has 0 saturated carbocycles. The number of sulfonamides is 2. The van der Waals surface area contributed by atoms with Gasteiger partial charge in [-0.3, -0.25) is 9.59 Å². The predicted octanol–water partition coefficient (Wildman–Crippen LogP) is 5.09. The van der Waals surface area contributed by atoms with Crippen LogP contribution >= 0.6 is 0 Å². The summed E-state index contributed by atoms with van der Waals surface area (Å²) in [7, 11) is -7.83. The van der Waals surface area contributed by atoms with Crippen LogP contribution in [0.1, 0.15) is 50.8 Å². The monoisotopic (exact) mass is 1210 g/mol. The first-order chi connectivity index (χ1) is 39.6. The Kier molecular flexibility index (Phi) is 30.3. The fourth-order valence-corrected chi connectivity index (χ4v) is 9.04. The number of aliphatic hydroxyl groups is 2. The van der Waals surface area contributed by atoms with Crippen molar-refractivity contribution in [3.05, 3.63) is 118 Å². The number of nitrogens with one attached hydrogen (secondary N) is 4. The number of hydrogen-bond donors (Lipinski definition) is 6. The van der Waals surface area contributed by atoms with E-state index in [2.05, 4.69) is 20.1 Å². The van der Waals surface area contributed by atoms with Gasteiger partial charge >= 0.3 is 5.97 Å². The highest BCUT2D eigenvalue weighted by Gasteiger charge is 2.30. The quantitative estimate of drug-likeness (QED) is 0.0192. The van der Waals surface area contributed by atoms with Crippen molar-refractivity contribution >= 4 is 50.0 Å². The molecule has 2 amide bonds. The second-order valence-corrected chi connectivity index (χ2v) is 21.5. The van der Waals surface area contributed by atoms with Crippen molar-refractivity contribution in [2.45, 2.75) is 63.0 Å². The molecule has 0 aliphatic rings. The van der Waals surface area contributed by atoms with Crippen LogP contribution in [0.3, 0.4) is 0 Å². The lowest BCUT2D eigenvalue weighted by Gasteiger charge is -2.17. The van der Waals surface area contributed by atoms with Gasteiger partial charge in [-0.2, -0.15) is 0 Å². The lowest BCUT2D eigenvalue weighted by Crippen LogP contribution is -2.50. The van der Waals surface area contributed by atoms with Gasteiger partial charge in [0.25, 0.3) is 11.8 Å². The van der Waals surface area contributed by atoms with Gasteiger partial charge in [-0.15, -0.1) is 0 Å². The molecule has 0 heterocycles. The van der Waals surface area contributed by atoms with Crippen LogP contribution in [-0.4, -0.2) is 169 Å².